The largest absolute Gasteiger partial charge is 1.00 e. The monoisotopic (exact) mass is 232 g/mol. The van der Waals surface area contributed by atoms with Gasteiger partial charge in [0.2, 0.25) is 0 Å². The van der Waals surface area contributed by atoms with Crippen LogP contribution < -0.4 is 0 Å². The van der Waals surface area contributed by atoms with Crippen molar-refractivity contribution in [1.82, 2.24) is 0 Å². The van der Waals surface area contributed by atoms with E-state index in [1.807, 2.05) is 0 Å². The van der Waals surface area contributed by atoms with Gasteiger partial charge in [-0.1, -0.05) is 0 Å². The smallest absolute Gasteiger partial charge is 0.748 e. The van der Waals surface area contributed by atoms with E-state index in [0.717, 1.165) is 0 Å². The van der Waals surface area contributed by atoms with E-state index in [1.165, 1.54) is 0 Å². The predicted octanol–water partition coefficient (Wildman–Crippen LogP) is -1.48. The Bertz CT molecular complexity index is 127. The molecule has 0 rings (SSSR count). The number of aliphatic hydroxyl groups excluding tert-OH is 1. The quantitative estimate of drug-likeness (QED) is 0.466. The number of hydrogen-bond acceptors (Lipinski definition) is 4. The topological polar surface area (TPSA) is 77.4 Å². The Balaban J connectivity index is 0. The van der Waals surface area contributed by atoms with Gasteiger partial charge < -0.3 is 9.66 Å². The molecule has 8 heavy (non-hydrogen) atoms. The molecule has 0 heterocycles. The maximum Gasteiger partial charge on any atom is 1.00 e. The van der Waals surface area contributed by atoms with E-state index in [4.69, 9.17) is 5.11 Å². The molecule has 0 spiro atoms. The second-order valence-electron chi connectivity index (χ2n) is 0.985. The second kappa shape index (κ2) is 4.49. The molecule has 4 nitrogen and oxygen atoms in total. The average molecular weight is 233 g/mol. The summed E-state index contributed by atoms with van der Waals surface area (Å²) in [5.74, 6) is -0.688. The van der Waals surface area contributed by atoms with Crippen molar-refractivity contribution in [1.29, 1.82) is 0 Å². The molecule has 1 N–H and O–H groups in total. The van der Waals surface area contributed by atoms with Gasteiger partial charge in [0.15, 0.2) is 0 Å². The molecule has 0 aromatic carbocycles. The van der Waals surface area contributed by atoms with E-state index in [1.54, 1.807) is 0 Å². The Morgan fingerprint density at radius 2 is 1.88 bits per heavy atom. The van der Waals surface area contributed by atoms with E-state index in [9.17, 15) is 13.0 Å². The summed E-state index contributed by atoms with van der Waals surface area (Å²) in [4.78, 5) is 0. The van der Waals surface area contributed by atoms with E-state index in [0.29, 0.717) is 0 Å². The van der Waals surface area contributed by atoms with Gasteiger partial charge in [-0.15, -0.1) is 0 Å². The SMILES string of the molecule is O=S(=O)([O-])CCO.[Ag+]. The first-order valence-corrected chi connectivity index (χ1v) is 3.18. The van der Waals surface area contributed by atoms with Gasteiger partial charge in [-0.2, -0.15) is 0 Å². The van der Waals surface area contributed by atoms with Crippen LogP contribution in [0, 0.1) is 0 Å². The van der Waals surface area contributed by atoms with Crippen LogP contribution in [0.1, 0.15) is 0 Å². The van der Waals surface area contributed by atoms with Crippen molar-refractivity contribution in [2.45, 2.75) is 0 Å². The van der Waals surface area contributed by atoms with Crippen LogP contribution in [-0.2, 0) is 32.5 Å². The second-order valence-corrected chi connectivity index (χ2v) is 2.51. The number of aliphatic hydroxyl groups is 1. The van der Waals surface area contributed by atoms with Gasteiger partial charge in [-0.3, -0.25) is 0 Å². The van der Waals surface area contributed by atoms with Crippen LogP contribution in [0.5, 0.6) is 0 Å². The van der Waals surface area contributed by atoms with Crippen LogP contribution in [0.25, 0.3) is 0 Å². The van der Waals surface area contributed by atoms with Crippen molar-refractivity contribution in [3.63, 3.8) is 0 Å². The molecule has 0 bridgehead atoms. The Hall–Kier alpha value is 0.610. The van der Waals surface area contributed by atoms with Gasteiger partial charge in [-0.05, 0) is 0 Å². The molecule has 0 unspecified atom stereocenters. The molecule has 0 saturated carbocycles. The number of hydrogen-bond donors (Lipinski definition) is 1. The van der Waals surface area contributed by atoms with Crippen LogP contribution in [0.2, 0.25) is 0 Å². The van der Waals surface area contributed by atoms with Crippen LogP contribution in [0.3, 0.4) is 0 Å². The molecule has 0 saturated heterocycles. The fourth-order valence-electron chi connectivity index (χ4n) is 0.112. The van der Waals surface area contributed by atoms with Gasteiger partial charge >= 0.3 is 22.4 Å². The van der Waals surface area contributed by atoms with Crippen molar-refractivity contribution >= 4 is 10.1 Å². The van der Waals surface area contributed by atoms with E-state index in [2.05, 4.69) is 0 Å². The average Bonchev–Trinajstić information content (AvgIpc) is 1.30. The normalized spacial score (nSPS) is 10.2. The zero-order valence-corrected chi connectivity index (χ0v) is 6.09. The van der Waals surface area contributed by atoms with E-state index < -0.39 is 22.5 Å². The van der Waals surface area contributed by atoms with E-state index >= 15 is 0 Å². The van der Waals surface area contributed by atoms with Crippen molar-refractivity contribution in [3.05, 3.63) is 0 Å². The van der Waals surface area contributed by atoms with Crippen molar-refractivity contribution in [2.24, 2.45) is 0 Å². The summed E-state index contributed by atoms with van der Waals surface area (Å²) in [6.07, 6.45) is 0. The fraction of sp³-hybridized carbons (Fsp3) is 1.00. The van der Waals surface area contributed by atoms with Crippen LogP contribution >= 0.6 is 0 Å². The summed E-state index contributed by atoms with van der Waals surface area (Å²) in [6, 6.07) is 0. The fourth-order valence-corrected chi connectivity index (χ4v) is 0.335. The van der Waals surface area contributed by atoms with Crippen LogP contribution in [0.4, 0.5) is 0 Å². The summed E-state index contributed by atoms with van der Waals surface area (Å²) in [7, 11) is -4.17. The summed E-state index contributed by atoms with van der Waals surface area (Å²) < 4.78 is 28.5. The molecule has 0 aliphatic carbocycles. The van der Waals surface area contributed by atoms with Gasteiger partial charge in [0.05, 0.1) is 22.5 Å². The van der Waals surface area contributed by atoms with Gasteiger partial charge in [0.25, 0.3) is 0 Å². The third-order valence-electron chi connectivity index (χ3n) is 0.341. The van der Waals surface area contributed by atoms with Crippen molar-refractivity contribution in [2.75, 3.05) is 12.4 Å². The molecule has 0 aromatic rings. The first-order chi connectivity index (χ1) is 3.06. The summed E-state index contributed by atoms with van der Waals surface area (Å²) in [6.45, 7) is -0.591. The Morgan fingerprint density at radius 3 is 1.88 bits per heavy atom. The Kier molecular flexibility index (Phi) is 6.40. The van der Waals surface area contributed by atoms with Gasteiger partial charge in [-0.25, -0.2) is 8.42 Å². The zero-order valence-electron chi connectivity index (χ0n) is 3.80. The van der Waals surface area contributed by atoms with Crippen LogP contribution in [-0.4, -0.2) is 30.4 Å². The molecule has 0 aliphatic heterocycles. The minimum Gasteiger partial charge on any atom is -0.748 e. The third-order valence-corrected chi connectivity index (χ3v) is 1.02. The minimum atomic E-state index is -4.17. The number of rotatable bonds is 2. The third kappa shape index (κ3) is 9.79. The maximum absolute atomic E-state index is 9.52. The predicted molar refractivity (Wildman–Crippen MR) is 21.6 cm³/mol. The van der Waals surface area contributed by atoms with Gasteiger partial charge in [0.1, 0.15) is 0 Å². The molecule has 0 aliphatic rings. The summed E-state index contributed by atoms with van der Waals surface area (Å²) in [5, 5.41) is 7.82. The van der Waals surface area contributed by atoms with Crippen molar-refractivity contribution < 1.29 is 40.5 Å². The molecule has 6 heteroatoms. The van der Waals surface area contributed by atoms with Crippen LogP contribution in [0.15, 0.2) is 0 Å². The molecule has 0 aromatic heterocycles. The van der Waals surface area contributed by atoms with E-state index in [-0.39, 0.29) is 22.4 Å². The molecule has 0 amide bonds. The van der Waals surface area contributed by atoms with Gasteiger partial charge in [0, 0.05) is 0 Å². The first-order valence-electron chi connectivity index (χ1n) is 1.60. The summed E-state index contributed by atoms with van der Waals surface area (Å²) >= 11 is 0. The van der Waals surface area contributed by atoms with Crippen molar-refractivity contribution in [3.8, 4) is 0 Å². The molecular formula is C2H5AgO4S. The standard InChI is InChI=1S/C2H6O4S.Ag/c3-1-2-7(4,5)6;/h3H,1-2H2,(H,4,5,6);/q;+1/p-1. The zero-order chi connectivity index (χ0) is 5.91. The molecule has 54 valence electrons. The molecule has 0 atom stereocenters. The molecular weight excluding hydrogens is 228 g/mol. The summed E-state index contributed by atoms with van der Waals surface area (Å²) in [5.41, 5.74) is 0. The Morgan fingerprint density at radius 1 is 1.50 bits per heavy atom. The Labute approximate surface area is 63.2 Å². The maximum atomic E-state index is 9.52. The first kappa shape index (κ1) is 11.4. The molecule has 0 fully saturated rings. The minimum absolute atomic E-state index is 0. The molecule has 0 radical (unpaired) electrons.